The van der Waals surface area contributed by atoms with Crippen molar-refractivity contribution in [2.75, 3.05) is 13.1 Å². The van der Waals surface area contributed by atoms with Gasteiger partial charge in [-0.2, -0.15) is 0 Å². The number of hydrogen-bond donors (Lipinski definition) is 2. The average molecular weight is 235 g/mol. The van der Waals surface area contributed by atoms with E-state index in [2.05, 4.69) is 38.2 Å². The van der Waals surface area contributed by atoms with Crippen LogP contribution in [0.5, 0.6) is 0 Å². The Bertz CT molecular complexity index is 358. The van der Waals surface area contributed by atoms with Crippen molar-refractivity contribution in [2.24, 2.45) is 0 Å². The number of aryl methyl sites for hydroxylation is 2. The third-order valence-electron chi connectivity index (χ3n) is 3.34. The van der Waals surface area contributed by atoms with Gasteiger partial charge in [-0.05, 0) is 63.4 Å². The first-order valence-electron chi connectivity index (χ1n) is 6.48. The average Bonchev–Trinajstić information content (AvgIpc) is 2.28. The van der Waals surface area contributed by atoms with Crippen molar-refractivity contribution in [3.05, 3.63) is 34.9 Å². The fourth-order valence-electron chi connectivity index (χ4n) is 1.85. The summed E-state index contributed by atoms with van der Waals surface area (Å²) in [5.74, 6) is 0. The van der Waals surface area contributed by atoms with E-state index < -0.39 is 5.60 Å². The van der Waals surface area contributed by atoms with Gasteiger partial charge in [0.2, 0.25) is 0 Å². The van der Waals surface area contributed by atoms with Gasteiger partial charge in [0.05, 0.1) is 5.60 Å². The second-order valence-corrected chi connectivity index (χ2v) is 5.07. The molecule has 1 unspecified atom stereocenters. The van der Waals surface area contributed by atoms with Crippen LogP contribution in [0, 0.1) is 13.8 Å². The van der Waals surface area contributed by atoms with E-state index in [0.29, 0.717) is 0 Å². The molecular formula is C15H25NO. The molecule has 0 amide bonds. The molecule has 0 heterocycles. The molecule has 17 heavy (non-hydrogen) atoms. The van der Waals surface area contributed by atoms with Crippen LogP contribution in [0.3, 0.4) is 0 Å². The second kappa shape index (κ2) is 6.18. The summed E-state index contributed by atoms with van der Waals surface area (Å²) in [6.07, 6.45) is 1.88. The quantitative estimate of drug-likeness (QED) is 0.743. The Morgan fingerprint density at radius 2 is 1.88 bits per heavy atom. The Hall–Kier alpha value is -0.860. The van der Waals surface area contributed by atoms with Crippen molar-refractivity contribution in [1.82, 2.24) is 5.32 Å². The van der Waals surface area contributed by atoms with Gasteiger partial charge < -0.3 is 10.4 Å². The third-order valence-corrected chi connectivity index (χ3v) is 3.34. The molecule has 1 aromatic carbocycles. The maximum absolute atomic E-state index is 10.5. The summed E-state index contributed by atoms with van der Waals surface area (Å²) in [5, 5.41) is 13.8. The molecule has 1 aromatic rings. The Morgan fingerprint density at radius 3 is 2.47 bits per heavy atom. The Labute approximate surface area is 105 Å². The van der Waals surface area contributed by atoms with Gasteiger partial charge in [0.25, 0.3) is 0 Å². The highest BCUT2D eigenvalue weighted by atomic mass is 16.3. The molecule has 0 bridgehead atoms. The first kappa shape index (κ1) is 14.2. The van der Waals surface area contributed by atoms with Gasteiger partial charge in [0.15, 0.2) is 0 Å². The summed E-state index contributed by atoms with van der Waals surface area (Å²) < 4.78 is 0. The molecule has 2 heteroatoms. The van der Waals surface area contributed by atoms with E-state index in [0.717, 1.165) is 31.5 Å². The Morgan fingerprint density at radius 1 is 1.18 bits per heavy atom. The van der Waals surface area contributed by atoms with Crippen molar-refractivity contribution in [1.29, 1.82) is 0 Å². The molecule has 1 atom stereocenters. The van der Waals surface area contributed by atoms with Crippen LogP contribution in [0.1, 0.15) is 43.4 Å². The fourth-order valence-corrected chi connectivity index (χ4v) is 1.85. The van der Waals surface area contributed by atoms with Gasteiger partial charge in [-0.1, -0.05) is 25.1 Å². The SMILES string of the molecule is CCCNCCC(C)(O)c1ccc(C)c(C)c1. The lowest BCUT2D eigenvalue weighted by molar-refractivity contribution is 0.0480. The topological polar surface area (TPSA) is 32.3 Å². The van der Waals surface area contributed by atoms with E-state index in [9.17, 15) is 5.11 Å². The summed E-state index contributed by atoms with van der Waals surface area (Å²) in [4.78, 5) is 0. The minimum Gasteiger partial charge on any atom is -0.385 e. The molecular weight excluding hydrogens is 210 g/mol. The van der Waals surface area contributed by atoms with Crippen LogP contribution in [-0.2, 0) is 5.60 Å². The number of benzene rings is 1. The summed E-state index contributed by atoms with van der Waals surface area (Å²) in [6, 6.07) is 6.20. The van der Waals surface area contributed by atoms with Gasteiger partial charge >= 0.3 is 0 Å². The first-order chi connectivity index (χ1) is 7.97. The highest BCUT2D eigenvalue weighted by Crippen LogP contribution is 2.25. The van der Waals surface area contributed by atoms with Crippen LogP contribution in [0.15, 0.2) is 18.2 Å². The van der Waals surface area contributed by atoms with E-state index >= 15 is 0 Å². The summed E-state index contributed by atoms with van der Waals surface area (Å²) in [5.41, 5.74) is 2.79. The molecule has 2 nitrogen and oxygen atoms in total. The maximum atomic E-state index is 10.5. The molecule has 0 aliphatic heterocycles. The zero-order chi connectivity index (χ0) is 12.9. The van der Waals surface area contributed by atoms with E-state index in [1.54, 1.807) is 0 Å². The maximum Gasteiger partial charge on any atom is 0.0880 e. The van der Waals surface area contributed by atoms with E-state index in [4.69, 9.17) is 0 Å². The fraction of sp³-hybridized carbons (Fsp3) is 0.600. The van der Waals surface area contributed by atoms with E-state index in [1.807, 2.05) is 13.0 Å². The Kier molecular flexibility index (Phi) is 5.16. The number of hydrogen-bond acceptors (Lipinski definition) is 2. The monoisotopic (exact) mass is 235 g/mol. The van der Waals surface area contributed by atoms with Crippen LogP contribution in [0.4, 0.5) is 0 Å². The van der Waals surface area contributed by atoms with Crippen LogP contribution >= 0.6 is 0 Å². The normalized spacial score (nSPS) is 14.6. The Balaban J connectivity index is 2.64. The summed E-state index contributed by atoms with van der Waals surface area (Å²) >= 11 is 0. The summed E-state index contributed by atoms with van der Waals surface area (Å²) in [6.45, 7) is 10.1. The molecule has 0 aliphatic rings. The third kappa shape index (κ3) is 4.14. The molecule has 0 saturated heterocycles. The zero-order valence-electron chi connectivity index (χ0n) is 11.5. The standard InChI is InChI=1S/C15H25NO/c1-5-9-16-10-8-15(4,17)14-7-6-12(2)13(3)11-14/h6-7,11,16-17H,5,8-10H2,1-4H3. The molecule has 0 radical (unpaired) electrons. The molecule has 1 rings (SSSR count). The molecule has 2 N–H and O–H groups in total. The largest absolute Gasteiger partial charge is 0.385 e. The minimum atomic E-state index is -0.737. The highest BCUT2D eigenvalue weighted by Gasteiger charge is 2.22. The summed E-state index contributed by atoms with van der Waals surface area (Å²) in [7, 11) is 0. The van der Waals surface area contributed by atoms with Crippen molar-refractivity contribution < 1.29 is 5.11 Å². The molecule has 0 fully saturated rings. The lowest BCUT2D eigenvalue weighted by Crippen LogP contribution is -2.28. The van der Waals surface area contributed by atoms with Crippen molar-refractivity contribution in [3.63, 3.8) is 0 Å². The van der Waals surface area contributed by atoms with E-state index in [-0.39, 0.29) is 0 Å². The number of aliphatic hydroxyl groups is 1. The molecule has 96 valence electrons. The van der Waals surface area contributed by atoms with Gasteiger partial charge in [-0.3, -0.25) is 0 Å². The second-order valence-electron chi connectivity index (χ2n) is 5.07. The van der Waals surface area contributed by atoms with Crippen molar-refractivity contribution in [2.45, 2.75) is 46.1 Å². The van der Waals surface area contributed by atoms with Crippen molar-refractivity contribution in [3.8, 4) is 0 Å². The molecule has 0 spiro atoms. The van der Waals surface area contributed by atoms with Crippen LogP contribution in [0.25, 0.3) is 0 Å². The van der Waals surface area contributed by atoms with Gasteiger partial charge in [-0.15, -0.1) is 0 Å². The van der Waals surface area contributed by atoms with Crippen LogP contribution < -0.4 is 5.32 Å². The number of rotatable bonds is 6. The molecule has 0 saturated carbocycles. The minimum absolute atomic E-state index is 0.737. The number of nitrogens with one attached hydrogen (secondary N) is 1. The predicted molar refractivity (Wildman–Crippen MR) is 73.3 cm³/mol. The van der Waals surface area contributed by atoms with E-state index in [1.165, 1.54) is 11.1 Å². The van der Waals surface area contributed by atoms with Gasteiger partial charge in [0.1, 0.15) is 0 Å². The lowest BCUT2D eigenvalue weighted by atomic mass is 9.90. The predicted octanol–water partition coefficient (Wildman–Crippen LogP) is 2.90. The van der Waals surface area contributed by atoms with Crippen LogP contribution in [0.2, 0.25) is 0 Å². The van der Waals surface area contributed by atoms with Crippen molar-refractivity contribution >= 4 is 0 Å². The lowest BCUT2D eigenvalue weighted by Gasteiger charge is -2.25. The first-order valence-corrected chi connectivity index (χ1v) is 6.48. The zero-order valence-corrected chi connectivity index (χ0v) is 11.5. The van der Waals surface area contributed by atoms with Crippen LogP contribution in [-0.4, -0.2) is 18.2 Å². The smallest absolute Gasteiger partial charge is 0.0880 e. The van der Waals surface area contributed by atoms with Gasteiger partial charge in [-0.25, -0.2) is 0 Å². The molecule has 0 aromatic heterocycles. The highest BCUT2D eigenvalue weighted by molar-refractivity contribution is 5.32. The molecule has 0 aliphatic carbocycles. The van der Waals surface area contributed by atoms with Gasteiger partial charge in [0, 0.05) is 0 Å².